The van der Waals surface area contributed by atoms with Crippen LogP contribution < -0.4 is 5.32 Å². The highest BCUT2D eigenvalue weighted by Gasteiger charge is 2.24. The zero-order chi connectivity index (χ0) is 12.7. The Kier molecular flexibility index (Phi) is 6.16. The lowest BCUT2D eigenvalue weighted by atomic mass is 10.0. The lowest BCUT2D eigenvalue weighted by Crippen LogP contribution is -2.44. The summed E-state index contributed by atoms with van der Waals surface area (Å²) in [7, 11) is 1.26. The summed E-state index contributed by atoms with van der Waals surface area (Å²) in [6.07, 6.45) is 0.266. The van der Waals surface area contributed by atoms with Gasteiger partial charge in [-0.25, -0.2) is 4.79 Å². The Morgan fingerprint density at radius 3 is 2.31 bits per heavy atom. The van der Waals surface area contributed by atoms with Crippen molar-refractivity contribution in [2.45, 2.75) is 33.2 Å². The summed E-state index contributed by atoms with van der Waals surface area (Å²) in [6, 6.07) is 1.28. The maximum atomic E-state index is 11.4. The van der Waals surface area contributed by atoms with Gasteiger partial charge in [-0.2, -0.15) is 5.26 Å². The van der Waals surface area contributed by atoms with Crippen molar-refractivity contribution in [2.24, 2.45) is 11.8 Å². The number of esters is 1. The molecule has 1 N–H and O–H groups in total. The van der Waals surface area contributed by atoms with Gasteiger partial charge < -0.3 is 10.1 Å². The molecule has 5 nitrogen and oxygen atoms in total. The summed E-state index contributed by atoms with van der Waals surface area (Å²) in [5, 5.41) is 11.2. The number of carbonyl (C=O) groups is 2. The van der Waals surface area contributed by atoms with Crippen LogP contribution in [0.25, 0.3) is 0 Å². The summed E-state index contributed by atoms with van der Waals surface area (Å²) in [5.41, 5.74) is 0. The van der Waals surface area contributed by atoms with Gasteiger partial charge in [0.1, 0.15) is 6.04 Å². The van der Waals surface area contributed by atoms with Crippen LogP contribution in [0.3, 0.4) is 0 Å². The number of methoxy groups -OCH3 is 1. The van der Waals surface area contributed by atoms with Crippen molar-refractivity contribution >= 4 is 11.9 Å². The fourth-order valence-corrected chi connectivity index (χ4v) is 1.10. The van der Waals surface area contributed by atoms with Gasteiger partial charge in [0, 0.05) is 11.8 Å². The van der Waals surface area contributed by atoms with E-state index < -0.39 is 12.0 Å². The van der Waals surface area contributed by atoms with E-state index in [0.717, 1.165) is 0 Å². The molecule has 0 heterocycles. The van der Waals surface area contributed by atoms with E-state index in [9.17, 15) is 9.59 Å². The van der Waals surface area contributed by atoms with Crippen LogP contribution in [0.5, 0.6) is 0 Å². The van der Waals surface area contributed by atoms with Gasteiger partial charge in [0.05, 0.1) is 13.2 Å². The molecule has 0 saturated heterocycles. The number of rotatable bonds is 5. The fraction of sp³-hybridized carbons (Fsp3) is 0.727. The van der Waals surface area contributed by atoms with E-state index in [-0.39, 0.29) is 24.2 Å². The second-order valence-electron chi connectivity index (χ2n) is 4.00. The van der Waals surface area contributed by atoms with Crippen LogP contribution in [0, 0.1) is 23.2 Å². The van der Waals surface area contributed by atoms with Gasteiger partial charge in [0.2, 0.25) is 5.91 Å². The average Bonchev–Trinajstić information content (AvgIpc) is 2.26. The first kappa shape index (κ1) is 14.4. The summed E-state index contributed by atoms with van der Waals surface area (Å²) in [5.74, 6) is -1.25. The molecule has 16 heavy (non-hydrogen) atoms. The van der Waals surface area contributed by atoms with E-state index in [2.05, 4.69) is 10.1 Å². The maximum Gasteiger partial charge on any atom is 0.328 e. The topological polar surface area (TPSA) is 79.2 Å². The number of nitriles is 1. The van der Waals surface area contributed by atoms with Crippen LogP contribution in [-0.4, -0.2) is 25.0 Å². The Hall–Kier alpha value is -1.57. The van der Waals surface area contributed by atoms with Crippen molar-refractivity contribution in [1.82, 2.24) is 5.32 Å². The molecule has 0 aliphatic carbocycles. The van der Waals surface area contributed by atoms with Crippen molar-refractivity contribution in [3.8, 4) is 6.07 Å². The smallest absolute Gasteiger partial charge is 0.328 e. The van der Waals surface area contributed by atoms with Crippen LogP contribution >= 0.6 is 0 Å². The molecular weight excluding hydrogens is 208 g/mol. The standard InChI is InChI=1S/C11H18N2O3/c1-7(2)10(14)13-9(11(15)16-4)5-8(3)6-12/h7-9H,5H2,1-4H3,(H,13,14)/t8-,9+/m1/s1. The van der Waals surface area contributed by atoms with Crippen LogP contribution in [-0.2, 0) is 14.3 Å². The van der Waals surface area contributed by atoms with E-state index in [1.54, 1.807) is 20.8 Å². The molecule has 0 spiro atoms. The molecular formula is C11H18N2O3. The molecule has 0 bridgehead atoms. The largest absolute Gasteiger partial charge is 0.467 e. The zero-order valence-corrected chi connectivity index (χ0v) is 10.1. The molecule has 0 aromatic carbocycles. The van der Waals surface area contributed by atoms with E-state index in [0.29, 0.717) is 0 Å². The van der Waals surface area contributed by atoms with Crippen LogP contribution in [0.2, 0.25) is 0 Å². The Morgan fingerprint density at radius 2 is 1.94 bits per heavy atom. The molecule has 0 fully saturated rings. The van der Waals surface area contributed by atoms with Crippen molar-refractivity contribution in [3.05, 3.63) is 0 Å². The molecule has 2 atom stereocenters. The fourth-order valence-electron chi connectivity index (χ4n) is 1.10. The third kappa shape index (κ3) is 4.78. The SMILES string of the molecule is COC(=O)[C@H](C[C@@H](C)C#N)NC(=O)C(C)C. The van der Waals surface area contributed by atoms with Crippen molar-refractivity contribution in [3.63, 3.8) is 0 Å². The number of nitrogens with one attached hydrogen (secondary N) is 1. The summed E-state index contributed by atoms with van der Waals surface area (Å²) in [6.45, 7) is 5.16. The highest BCUT2D eigenvalue weighted by atomic mass is 16.5. The molecule has 0 aliphatic rings. The number of amides is 1. The van der Waals surface area contributed by atoms with Gasteiger partial charge in [-0.15, -0.1) is 0 Å². The molecule has 90 valence electrons. The minimum absolute atomic E-state index is 0.204. The summed E-state index contributed by atoms with van der Waals surface area (Å²) < 4.78 is 4.58. The normalized spacial score (nSPS) is 13.8. The van der Waals surface area contributed by atoms with E-state index in [1.165, 1.54) is 7.11 Å². The van der Waals surface area contributed by atoms with Gasteiger partial charge in [0.15, 0.2) is 0 Å². The highest BCUT2D eigenvalue weighted by molar-refractivity contribution is 5.85. The predicted molar refractivity (Wildman–Crippen MR) is 58.2 cm³/mol. The lowest BCUT2D eigenvalue weighted by molar-refractivity contribution is -0.145. The summed E-state index contributed by atoms with van der Waals surface area (Å²) >= 11 is 0. The van der Waals surface area contributed by atoms with Gasteiger partial charge in [-0.05, 0) is 13.3 Å². The van der Waals surface area contributed by atoms with E-state index in [4.69, 9.17) is 5.26 Å². The first-order valence-electron chi connectivity index (χ1n) is 5.20. The number of hydrogen-bond acceptors (Lipinski definition) is 4. The molecule has 5 heteroatoms. The number of ether oxygens (including phenoxy) is 1. The number of hydrogen-bond donors (Lipinski definition) is 1. The number of carbonyl (C=O) groups excluding carboxylic acids is 2. The van der Waals surface area contributed by atoms with Gasteiger partial charge in [0.25, 0.3) is 0 Å². The molecule has 0 saturated carbocycles. The molecule has 0 aromatic rings. The quantitative estimate of drug-likeness (QED) is 0.705. The van der Waals surface area contributed by atoms with Crippen molar-refractivity contribution in [2.75, 3.05) is 7.11 Å². The highest BCUT2D eigenvalue weighted by Crippen LogP contribution is 2.07. The molecule has 0 rings (SSSR count). The minimum atomic E-state index is -0.741. The van der Waals surface area contributed by atoms with Gasteiger partial charge >= 0.3 is 5.97 Å². The predicted octanol–water partition coefficient (Wildman–Crippen LogP) is 0.850. The third-order valence-electron chi connectivity index (χ3n) is 2.14. The Bertz CT molecular complexity index is 294. The van der Waals surface area contributed by atoms with Gasteiger partial charge in [-0.1, -0.05) is 13.8 Å². The zero-order valence-electron chi connectivity index (χ0n) is 10.1. The van der Waals surface area contributed by atoms with Gasteiger partial charge in [-0.3, -0.25) is 4.79 Å². The molecule has 0 aromatic heterocycles. The first-order valence-corrected chi connectivity index (χ1v) is 5.20. The third-order valence-corrected chi connectivity index (χ3v) is 2.14. The monoisotopic (exact) mass is 226 g/mol. The second-order valence-corrected chi connectivity index (χ2v) is 4.00. The van der Waals surface area contributed by atoms with Crippen LogP contribution in [0.1, 0.15) is 27.2 Å². The second kappa shape index (κ2) is 6.83. The van der Waals surface area contributed by atoms with Crippen molar-refractivity contribution < 1.29 is 14.3 Å². The van der Waals surface area contributed by atoms with E-state index in [1.807, 2.05) is 6.07 Å². The first-order chi connectivity index (χ1) is 7.42. The minimum Gasteiger partial charge on any atom is -0.467 e. The Balaban J connectivity index is 4.51. The van der Waals surface area contributed by atoms with Crippen LogP contribution in [0.4, 0.5) is 0 Å². The Morgan fingerprint density at radius 1 is 1.38 bits per heavy atom. The van der Waals surface area contributed by atoms with Crippen molar-refractivity contribution in [1.29, 1.82) is 5.26 Å². The summed E-state index contributed by atoms with van der Waals surface area (Å²) in [4.78, 5) is 22.8. The molecule has 0 radical (unpaired) electrons. The lowest BCUT2D eigenvalue weighted by Gasteiger charge is -2.18. The number of nitrogens with zero attached hydrogens (tertiary/aromatic N) is 1. The molecule has 1 amide bonds. The average molecular weight is 226 g/mol. The molecule has 0 aliphatic heterocycles. The molecule has 0 unspecified atom stereocenters. The Labute approximate surface area is 95.8 Å². The maximum absolute atomic E-state index is 11.4. The van der Waals surface area contributed by atoms with E-state index >= 15 is 0 Å². The van der Waals surface area contributed by atoms with Crippen LogP contribution in [0.15, 0.2) is 0 Å².